The highest BCUT2D eigenvalue weighted by atomic mass is 32.2. The summed E-state index contributed by atoms with van der Waals surface area (Å²) in [5.41, 5.74) is 0.799. The Balaban J connectivity index is 1.71. The van der Waals surface area contributed by atoms with Crippen LogP contribution in [0.4, 0.5) is 10.8 Å². The van der Waals surface area contributed by atoms with E-state index in [1.54, 1.807) is 23.5 Å². The van der Waals surface area contributed by atoms with Gasteiger partial charge in [0, 0.05) is 35.4 Å². The maximum Gasteiger partial charge on any atom is 0.269 e. The molecule has 0 unspecified atom stereocenters. The molecular weight excluding hydrogens is 470 g/mol. The van der Waals surface area contributed by atoms with Crippen LogP contribution in [0.15, 0.2) is 64.9 Å². The highest BCUT2D eigenvalue weighted by molar-refractivity contribution is 7.90. The highest BCUT2D eigenvalue weighted by Crippen LogP contribution is 2.32. The van der Waals surface area contributed by atoms with Crippen LogP contribution in [0.1, 0.15) is 15.2 Å². The second-order valence-electron chi connectivity index (χ2n) is 6.99. The van der Waals surface area contributed by atoms with Crippen LogP contribution in [0.5, 0.6) is 0 Å². The van der Waals surface area contributed by atoms with Gasteiger partial charge in [0.25, 0.3) is 11.6 Å². The number of anilines is 1. The van der Waals surface area contributed by atoms with Crippen molar-refractivity contribution in [2.75, 3.05) is 17.7 Å². The van der Waals surface area contributed by atoms with Gasteiger partial charge in [-0.3, -0.25) is 19.8 Å². The molecule has 11 heteroatoms. The molecule has 0 saturated carbocycles. The molecule has 0 aliphatic rings. The fourth-order valence-electron chi connectivity index (χ4n) is 3.08. The second kappa shape index (κ2) is 8.77. The molecular formula is C21H17N3O5S3. The van der Waals surface area contributed by atoms with Gasteiger partial charge in [0.1, 0.15) is 0 Å². The van der Waals surface area contributed by atoms with Gasteiger partial charge in [0.2, 0.25) is 0 Å². The quantitative estimate of drug-likeness (QED) is 0.279. The Kier molecular flexibility index (Phi) is 6.04. The molecule has 0 aliphatic carbocycles. The van der Waals surface area contributed by atoms with Crippen LogP contribution >= 0.6 is 22.7 Å². The van der Waals surface area contributed by atoms with Gasteiger partial charge in [-0.1, -0.05) is 17.4 Å². The summed E-state index contributed by atoms with van der Waals surface area (Å²) in [4.78, 5) is 31.1. The fraction of sp³-hybridized carbons (Fsp3) is 0.143. The van der Waals surface area contributed by atoms with Gasteiger partial charge in [0.05, 0.1) is 20.0 Å². The lowest BCUT2D eigenvalue weighted by atomic mass is 10.2. The van der Waals surface area contributed by atoms with Crippen molar-refractivity contribution in [2.45, 2.75) is 11.3 Å². The van der Waals surface area contributed by atoms with E-state index < -0.39 is 14.8 Å². The standard InChI is InChI=1S/C21H17N3O5S3/c1-32(28,29)17-8-9-18-19(13-17)31-21(22-18)23(11-10-16-3-2-12-30-16)20(25)14-4-6-15(7-5-14)24(26)27/h2-9,12-13H,10-11H2,1H3. The summed E-state index contributed by atoms with van der Waals surface area (Å²) in [7, 11) is -3.37. The first-order chi connectivity index (χ1) is 15.2. The monoisotopic (exact) mass is 487 g/mol. The summed E-state index contributed by atoms with van der Waals surface area (Å²) in [6.45, 7) is 0.356. The number of aromatic nitrogens is 1. The lowest BCUT2D eigenvalue weighted by molar-refractivity contribution is -0.384. The largest absolute Gasteiger partial charge is 0.284 e. The van der Waals surface area contributed by atoms with Gasteiger partial charge < -0.3 is 0 Å². The summed E-state index contributed by atoms with van der Waals surface area (Å²) in [5, 5.41) is 13.3. The lowest BCUT2D eigenvalue weighted by Gasteiger charge is -2.19. The number of nitro benzene ring substituents is 1. The number of amides is 1. The topological polar surface area (TPSA) is 110 Å². The Labute approximate surface area is 191 Å². The zero-order valence-corrected chi connectivity index (χ0v) is 19.2. The molecule has 0 spiro atoms. The molecule has 4 aromatic rings. The van der Waals surface area contributed by atoms with Crippen molar-refractivity contribution in [3.63, 3.8) is 0 Å². The van der Waals surface area contributed by atoms with E-state index in [9.17, 15) is 23.3 Å². The molecule has 0 radical (unpaired) electrons. The fourth-order valence-corrected chi connectivity index (χ4v) is 5.53. The number of carbonyl (C=O) groups is 1. The first-order valence-electron chi connectivity index (χ1n) is 9.42. The maximum absolute atomic E-state index is 13.3. The predicted molar refractivity (Wildman–Crippen MR) is 126 cm³/mol. The molecule has 1 amide bonds. The van der Waals surface area contributed by atoms with E-state index in [2.05, 4.69) is 4.98 Å². The minimum Gasteiger partial charge on any atom is -0.284 e. The van der Waals surface area contributed by atoms with Crippen LogP contribution < -0.4 is 4.90 Å². The zero-order chi connectivity index (χ0) is 22.9. The van der Waals surface area contributed by atoms with Crippen LogP contribution in [0.2, 0.25) is 0 Å². The number of carbonyl (C=O) groups excluding carboxylic acids is 1. The molecule has 4 rings (SSSR count). The van der Waals surface area contributed by atoms with Crippen LogP contribution in [0, 0.1) is 10.1 Å². The third-order valence-corrected chi connectivity index (χ3v) is 7.83. The summed E-state index contributed by atoms with van der Waals surface area (Å²) < 4.78 is 24.4. The number of hydrogen-bond acceptors (Lipinski definition) is 8. The second-order valence-corrected chi connectivity index (χ2v) is 11.0. The van der Waals surface area contributed by atoms with Gasteiger partial charge in [-0.15, -0.1) is 11.3 Å². The zero-order valence-electron chi connectivity index (χ0n) is 16.8. The van der Waals surface area contributed by atoms with Crippen molar-refractivity contribution >= 4 is 59.5 Å². The third-order valence-electron chi connectivity index (χ3n) is 4.74. The summed E-state index contributed by atoms with van der Waals surface area (Å²) in [6, 6.07) is 14.0. The average molecular weight is 488 g/mol. The molecule has 0 aliphatic heterocycles. The number of benzene rings is 2. The number of sulfone groups is 1. The van der Waals surface area contributed by atoms with Crippen LogP contribution in [0.25, 0.3) is 10.2 Å². The molecule has 164 valence electrons. The molecule has 0 atom stereocenters. The lowest BCUT2D eigenvalue weighted by Crippen LogP contribution is -2.32. The van der Waals surface area contributed by atoms with E-state index in [-0.39, 0.29) is 16.5 Å². The molecule has 32 heavy (non-hydrogen) atoms. The predicted octanol–water partition coefficient (Wildman–Crippen LogP) is 4.56. The smallest absolute Gasteiger partial charge is 0.269 e. The van der Waals surface area contributed by atoms with Gasteiger partial charge in [-0.05, 0) is 48.2 Å². The number of rotatable bonds is 7. The first kappa shape index (κ1) is 22.1. The number of nitro groups is 1. The molecule has 2 aromatic carbocycles. The minimum atomic E-state index is -3.37. The molecule has 0 fully saturated rings. The Morgan fingerprint density at radius 3 is 2.53 bits per heavy atom. The molecule has 8 nitrogen and oxygen atoms in total. The number of thiophene rings is 1. The first-order valence-corrected chi connectivity index (χ1v) is 13.0. The van der Waals surface area contributed by atoms with E-state index in [0.29, 0.717) is 33.9 Å². The molecule has 2 heterocycles. The van der Waals surface area contributed by atoms with Crippen LogP contribution in [0.3, 0.4) is 0 Å². The van der Waals surface area contributed by atoms with Crippen molar-refractivity contribution in [1.82, 2.24) is 4.98 Å². The van der Waals surface area contributed by atoms with E-state index in [1.807, 2.05) is 17.5 Å². The van der Waals surface area contributed by atoms with Crippen molar-refractivity contribution in [3.05, 3.63) is 80.5 Å². The van der Waals surface area contributed by atoms with E-state index in [1.165, 1.54) is 46.6 Å². The number of fused-ring (bicyclic) bond motifs is 1. The average Bonchev–Trinajstić information content (AvgIpc) is 3.42. The van der Waals surface area contributed by atoms with Gasteiger partial charge >= 0.3 is 0 Å². The minimum absolute atomic E-state index is 0.0972. The number of non-ortho nitro benzene ring substituents is 1. The number of hydrogen-bond donors (Lipinski definition) is 0. The van der Waals surface area contributed by atoms with Gasteiger partial charge in [-0.2, -0.15) is 0 Å². The van der Waals surface area contributed by atoms with E-state index >= 15 is 0 Å². The normalized spacial score (nSPS) is 11.5. The van der Waals surface area contributed by atoms with Crippen molar-refractivity contribution < 1.29 is 18.1 Å². The molecule has 0 N–H and O–H groups in total. The van der Waals surface area contributed by atoms with E-state index in [0.717, 1.165) is 11.1 Å². The van der Waals surface area contributed by atoms with Crippen LogP contribution in [-0.4, -0.2) is 37.0 Å². The Morgan fingerprint density at radius 1 is 1.16 bits per heavy atom. The Morgan fingerprint density at radius 2 is 1.91 bits per heavy atom. The Bertz CT molecular complexity index is 1390. The number of thiazole rings is 1. The summed E-state index contributed by atoms with van der Waals surface area (Å²) >= 11 is 2.81. The van der Waals surface area contributed by atoms with Crippen molar-refractivity contribution in [1.29, 1.82) is 0 Å². The SMILES string of the molecule is CS(=O)(=O)c1ccc2nc(N(CCc3cccs3)C(=O)c3ccc([N+](=O)[O-])cc3)sc2c1. The van der Waals surface area contributed by atoms with Crippen molar-refractivity contribution in [2.24, 2.45) is 0 Å². The van der Waals surface area contributed by atoms with Crippen LogP contribution in [-0.2, 0) is 16.3 Å². The van der Waals surface area contributed by atoms with Crippen molar-refractivity contribution in [3.8, 4) is 0 Å². The maximum atomic E-state index is 13.3. The molecule has 2 aromatic heterocycles. The Hall–Kier alpha value is -3.15. The highest BCUT2D eigenvalue weighted by Gasteiger charge is 2.23. The third kappa shape index (κ3) is 4.69. The summed E-state index contributed by atoms with van der Waals surface area (Å²) in [5.74, 6) is -0.334. The van der Waals surface area contributed by atoms with Gasteiger partial charge in [-0.25, -0.2) is 13.4 Å². The van der Waals surface area contributed by atoms with E-state index in [4.69, 9.17) is 0 Å². The molecule has 0 bridgehead atoms. The summed E-state index contributed by atoms with van der Waals surface area (Å²) in [6.07, 6.45) is 1.75. The van der Waals surface area contributed by atoms with Gasteiger partial charge in [0.15, 0.2) is 15.0 Å². The molecule has 0 saturated heterocycles. The number of nitrogens with zero attached hydrogens (tertiary/aromatic N) is 3.